The summed E-state index contributed by atoms with van der Waals surface area (Å²) in [5.41, 5.74) is 7.38. The molecular formula is C17H27NO. The van der Waals surface area contributed by atoms with E-state index in [-0.39, 0.29) is 6.10 Å². The van der Waals surface area contributed by atoms with Crippen LogP contribution in [0.15, 0.2) is 24.3 Å². The van der Waals surface area contributed by atoms with Crippen molar-refractivity contribution in [3.05, 3.63) is 29.8 Å². The van der Waals surface area contributed by atoms with Crippen molar-refractivity contribution < 1.29 is 4.74 Å². The Hall–Kier alpha value is -1.02. The molecule has 3 unspecified atom stereocenters. The SMILES string of the molecule is CC1CCC(CN)C(c2ccc(OC(C)C)cc2)C1. The first-order chi connectivity index (χ1) is 9.10. The molecule has 2 rings (SSSR count). The Morgan fingerprint density at radius 2 is 1.89 bits per heavy atom. The third-order valence-electron chi connectivity index (χ3n) is 4.24. The molecule has 0 amide bonds. The summed E-state index contributed by atoms with van der Waals surface area (Å²) in [6.45, 7) is 7.28. The van der Waals surface area contributed by atoms with E-state index in [2.05, 4.69) is 45.0 Å². The van der Waals surface area contributed by atoms with Crippen LogP contribution < -0.4 is 10.5 Å². The summed E-state index contributed by atoms with van der Waals surface area (Å²) in [6.07, 6.45) is 4.10. The minimum absolute atomic E-state index is 0.234. The van der Waals surface area contributed by atoms with Gasteiger partial charge in [0, 0.05) is 0 Å². The van der Waals surface area contributed by atoms with E-state index in [4.69, 9.17) is 10.5 Å². The van der Waals surface area contributed by atoms with Crippen molar-refractivity contribution in [1.29, 1.82) is 0 Å². The van der Waals surface area contributed by atoms with Crippen LogP contribution in [0.5, 0.6) is 5.75 Å². The van der Waals surface area contributed by atoms with E-state index in [0.29, 0.717) is 11.8 Å². The van der Waals surface area contributed by atoms with Gasteiger partial charge in [-0.05, 0) is 68.7 Å². The number of hydrogen-bond donors (Lipinski definition) is 1. The van der Waals surface area contributed by atoms with Gasteiger partial charge in [-0.2, -0.15) is 0 Å². The van der Waals surface area contributed by atoms with E-state index >= 15 is 0 Å². The van der Waals surface area contributed by atoms with Gasteiger partial charge in [0.25, 0.3) is 0 Å². The largest absolute Gasteiger partial charge is 0.491 e. The summed E-state index contributed by atoms with van der Waals surface area (Å²) < 4.78 is 5.71. The van der Waals surface area contributed by atoms with E-state index in [9.17, 15) is 0 Å². The van der Waals surface area contributed by atoms with E-state index in [1.54, 1.807) is 0 Å². The molecule has 2 nitrogen and oxygen atoms in total. The Bertz CT molecular complexity index is 385. The van der Waals surface area contributed by atoms with Gasteiger partial charge in [0.15, 0.2) is 0 Å². The van der Waals surface area contributed by atoms with Gasteiger partial charge in [0.2, 0.25) is 0 Å². The molecule has 0 heterocycles. The molecule has 1 aliphatic carbocycles. The smallest absolute Gasteiger partial charge is 0.119 e. The first-order valence-electron chi connectivity index (χ1n) is 7.56. The molecule has 106 valence electrons. The van der Waals surface area contributed by atoms with Gasteiger partial charge in [-0.1, -0.05) is 25.5 Å². The van der Waals surface area contributed by atoms with Crippen LogP contribution >= 0.6 is 0 Å². The second kappa shape index (κ2) is 6.42. The molecule has 2 heteroatoms. The molecule has 1 saturated carbocycles. The molecule has 1 aliphatic rings. The molecule has 1 aromatic rings. The van der Waals surface area contributed by atoms with Crippen molar-refractivity contribution in [2.45, 2.75) is 52.1 Å². The van der Waals surface area contributed by atoms with Crippen molar-refractivity contribution in [3.8, 4) is 5.75 Å². The fourth-order valence-corrected chi connectivity index (χ4v) is 3.20. The van der Waals surface area contributed by atoms with Crippen molar-refractivity contribution >= 4 is 0 Å². The molecule has 0 aliphatic heterocycles. The van der Waals surface area contributed by atoms with Gasteiger partial charge in [-0.15, -0.1) is 0 Å². The van der Waals surface area contributed by atoms with Crippen LogP contribution in [0.4, 0.5) is 0 Å². The summed E-state index contributed by atoms with van der Waals surface area (Å²) in [4.78, 5) is 0. The minimum Gasteiger partial charge on any atom is -0.491 e. The van der Waals surface area contributed by atoms with E-state index < -0.39 is 0 Å². The monoisotopic (exact) mass is 261 g/mol. The van der Waals surface area contributed by atoms with Gasteiger partial charge in [-0.25, -0.2) is 0 Å². The zero-order chi connectivity index (χ0) is 13.8. The molecule has 0 aromatic heterocycles. The third kappa shape index (κ3) is 3.73. The average Bonchev–Trinajstić information content (AvgIpc) is 2.39. The van der Waals surface area contributed by atoms with Crippen molar-refractivity contribution in [1.82, 2.24) is 0 Å². The van der Waals surface area contributed by atoms with E-state index in [1.807, 2.05) is 0 Å². The third-order valence-corrected chi connectivity index (χ3v) is 4.24. The minimum atomic E-state index is 0.234. The molecule has 0 saturated heterocycles. The fourth-order valence-electron chi connectivity index (χ4n) is 3.20. The van der Waals surface area contributed by atoms with Crippen LogP contribution in [-0.4, -0.2) is 12.6 Å². The van der Waals surface area contributed by atoms with Gasteiger partial charge in [-0.3, -0.25) is 0 Å². The maximum absolute atomic E-state index is 5.95. The first-order valence-corrected chi connectivity index (χ1v) is 7.56. The normalized spacial score (nSPS) is 27.5. The predicted molar refractivity (Wildman–Crippen MR) is 80.5 cm³/mol. The molecule has 2 N–H and O–H groups in total. The van der Waals surface area contributed by atoms with E-state index in [0.717, 1.165) is 18.2 Å². The number of nitrogens with two attached hydrogens (primary N) is 1. The maximum atomic E-state index is 5.95. The standard InChI is InChI=1S/C17H27NO/c1-12(2)19-16-8-6-14(7-9-16)17-10-13(3)4-5-15(17)11-18/h6-9,12-13,15,17H,4-5,10-11,18H2,1-3H3. The van der Waals surface area contributed by atoms with Crippen LogP contribution in [0.2, 0.25) is 0 Å². The number of benzene rings is 1. The quantitative estimate of drug-likeness (QED) is 0.890. The Morgan fingerprint density at radius 1 is 1.21 bits per heavy atom. The lowest BCUT2D eigenvalue weighted by molar-refractivity contribution is 0.241. The lowest BCUT2D eigenvalue weighted by Crippen LogP contribution is -2.28. The summed E-state index contributed by atoms with van der Waals surface area (Å²) in [7, 11) is 0. The van der Waals surface area contributed by atoms with Gasteiger partial charge < -0.3 is 10.5 Å². The summed E-state index contributed by atoms with van der Waals surface area (Å²) >= 11 is 0. The second-order valence-corrected chi connectivity index (χ2v) is 6.26. The van der Waals surface area contributed by atoms with Crippen molar-refractivity contribution in [2.75, 3.05) is 6.54 Å². The highest BCUT2D eigenvalue weighted by Gasteiger charge is 2.28. The fraction of sp³-hybridized carbons (Fsp3) is 0.647. The van der Waals surface area contributed by atoms with Crippen LogP contribution in [0.1, 0.15) is 51.5 Å². The Labute approximate surface area is 117 Å². The predicted octanol–water partition coefficient (Wildman–Crippen LogP) is 3.95. The molecule has 1 aromatic carbocycles. The topological polar surface area (TPSA) is 35.2 Å². The molecule has 0 spiro atoms. The van der Waals surface area contributed by atoms with E-state index in [1.165, 1.54) is 24.8 Å². The van der Waals surface area contributed by atoms with Crippen molar-refractivity contribution in [2.24, 2.45) is 17.6 Å². The summed E-state index contributed by atoms with van der Waals surface area (Å²) in [6, 6.07) is 8.65. The summed E-state index contributed by atoms with van der Waals surface area (Å²) in [5.74, 6) is 3.06. The molecule has 3 atom stereocenters. The lowest BCUT2D eigenvalue weighted by Gasteiger charge is -2.34. The summed E-state index contributed by atoms with van der Waals surface area (Å²) in [5, 5.41) is 0. The Morgan fingerprint density at radius 3 is 2.47 bits per heavy atom. The highest BCUT2D eigenvalue weighted by atomic mass is 16.5. The van der Waals surface area contributed by atoms with Crippen LogP contribution in [-0.2, 0) is 0 Å². The first kappa shape index (κ1) is 14.4. The Balaban J connectivity index is 2.10. The number of hydrogen-bond acceptors (Lipinski definition) is 2. The number of ether oxygens (including phenoxy) is 1. The van der Waals surface area contributed by atoms with Crippen LogP contribution in [0, 0.1) is 11.8 Å². The second-order valence-electron chi connectivity index (χ2n) is 6.26. The van der Waals surface area contributed by atoms with Crippen LogP contribution in [0.25, 0.3) is 0 Å². The Kier molecular flexibility index (Phi) is 4.87. The molecular weight excluding hydrogens is 234 g/mol. The zero-order valence-electron chi connectivity index (χ0n) is 12.4. The lowest BCUT2D eigenvalue weighted by atomic mass is 9.71. The molecule has 0 bridgehead atoms. The number of rotatable bonds is 4. The molecule has 0 radical (unpaired) electrons. The maximum Gasteiger partial charge on any atom is 0.119 e. The highest BCUT2D eigenvalue weighted by molar-refractivity contribution is 5.30. The van der Waals surface area contributed by atoms with Gasteiger partial charge >= 0.3 is 0 Å². The van der Waals surface area contributed by atoms with Gasteiger partial charge in [0.05, 0.1) is 6.10 Å². The zero-order valence-corrected chi connectivity index (χ0v) is 12.4. The average molecular weight is 261 g/mol. The van der Waals surface area contributed by atoms with Gasteiger partial charge in [0.1, 0.15) is 5.75 Å². The molecule has 1 fully saturated rings. The van der Waals surface area contributed by atoms with Crippen LogP contribution in [0.3, 0.4) is 0 Å². The van der Waals surface area contributed by atoms with Crippen molar-refractivity contribution in [3.63, 3.8) is 0 Å². The molecule has 19 heavy (non-hydrogen) atoms. The highest BCUT2D eigenvalue weighted by Crippen LogP contribution is 2.40.